The molecule has 1 rings (SSSR count). The maximum atomic E-state index is 10.00. The summed E-state index contributed by atoms with van der Waals surface area (Å²) in [4.78, 5) is 10.00. The van der Waals surface area contributed by atoms with E-state index in [1.807, 2.05) is 6.92 Å². The van der Waals surface area contributed by atoms with E-state index in [9.17, 15) is 4.89 Å². The van der Waals surface area contributed by atoms with Crippen LogP contribution in [0.25, 0.3) is 0 Å². The molecule has 1 heterocycles. The fraction of sp³-hybridized carbons (Fsp3) is 0.667. The molecule has 0 spiro atoms. The van der Waals surface area contributed by atoms with E-state index < -0.39 is 7.77 Å². The average Bonchev–Trinajstić information content (AvgIpc) is 1.79. The van der Waals surface area contributed by atoms with Crippen molar-refractivity contribution in [2.45, 2.75) is 6.92 Å². The zero-order valence-electron chi connectivity index (χ0n) is 3.06. The summed E-state index contributed by atoms with van der Waals surface area (Å²) < 4.78 is 0. The quantitative estimate of drug-likeness (QED) is 0.381. The smallest absolute Gasteiger partial charge is 0.161 e. The standard InChI is InChI=1S/C3H5OP/c1-3-2-5(3)4/h2H2,1H3. The Morgan fingerprint density at radius 3 is 2.20 bits per heavy atom. The monoisotopic (exact) mass is 88.0 g/mol. The minimum Gasteiger partial charge on any atom is -0.630 e. The average molecular weight is 88.0 g/mol. The van der Waals surface area contributed by atoms with Gasteiger partial charge < -0.3 is 4.89 Å². The number of hydrogen-bond donors (Lipinski definition) is 0. The Morgan fingerprint density at radius 1 is 2.00 bits per heavy atom. The van der Waals surface area contributed by atoms with Crippen molar-refractivity contribution in [1.82, 2.24) is 0 Å². The van der Waals surface area contributed by atoms with Crippen molar-refractivity contribution < 1.29 is 4.89 Å². The van der Waals surface area contributed by atoms with Gasteiger partial charge in [-0.3, -0.25) is 0 Å². The van der Waals surface area contributed by atoms with Crippen LogP contribution in [0.4, 0.5) is 0 Å². The Hall–Kier alpha value is 0.130. The molecular weight excluding hydrogens is 83.0 g/mol. The van der Waals surface area contributed by atoms with Gasteiger partial charge in [0.05, 0.1) is 7.77 Å². The van der Waals surface area contributed by atoms with E-state index in [1.165, 1.54) is 5.29 Å². The maximum absolute atomic E-state index is 10.00. The molecule has 1 aliphatic rings. The fourth-order valence-corrected chi connectivity index (χ4v) is 0.691. The summed E-state index contributed by atoms with van der Waals surface area (Å²) >= 11 is 0. The van der Waals surface area contributed by atoms with Crippen LogP contribution in [0.1, 0.15) is 6.92 Å². The van der Waals surface area contributed by atoms with E-state index in [2.05, 4.69) is 0 Å². The molecule has 2 heteroatoms. The first-order chi connectivity index (χ1) is 2.30. The third-order valence-corrected chi connectivity index (χ3v) is 2.08. The van der Waals surface area contributed by atoms with Gasteiger partial charge in [-0.05, 0) is 0 Å². The molecule has 5 heavy (non-hydrogen) atoms. The highest BCUT2D eigenvalue weighted by molar-refractivity contribution is 7.63. The molecule has 0 fully saturated rings. The van der Waals surface area contributed by atoms with Gasteiger partial charge in [-0.15, -0.1) is 0 Å². The fourth-order valence-electron chi connectivity index (χ4n) is 0.172. The second-order valence-corrected chi connectivity index (χ2v) is 3.11. The van der Waals surface area contributed by atoms with E-state index in [0.29, 0.717) is 0 Å². The summed E-state index contributed by atoms with van der Waals surface area (Å²) in [5.74, 6) is 0. The lowest BCUT2D eigenvalue weighted by Crippen LogP contribution is -1.71. The van der Waals surface area contributed by atoms with Crippen molar-refractivity contribution >= 4 is 13.1 Å². The van der Waals surface area contributed by atoms with E-state index in [0.717, 1.165) is 6.16 Å². The highest BCUT2D eigenvalue weighted by Crippen LogP contribution is 2.28. The molecule has 0 aromatic carbocycles. The molecule has 1 atom stereocenters. The largest absolute Gasteiger partial charge is 0.630 e. The molecule has 0 amide bonds. The molecule has 0 saturated heterocycles. The molecule has 0 aliphatic carbocycles. The van der Waals surface area contributed by atoms with Crippen molar-refractivity contribution in [3.8, 4) is 0 Å². The molecule has 0 saturated carbocycles. The van der Waals surface area contributed by atoms with Crippen LogP contribution in [-0.4, -0.2) is 11.5 Å². The van der Waals surface area contributed by atoms with Gasteiger partial charge in [0.2, 0.25) is 0 Å². The Bertz CT molecular complexity index is 74.9. The number of hydrogen-bond acceptors (Lipinski definition) is 1. The van der Waals surface area contributed by atoms with Crippen molar-refractivity contribution in [2.75, 3.05) is 6.16 Å². The lowest BCUT2D eigenvalue weighted by molar-refractivity contribution is -0.149. The molecule has 0 N–H and O–H groups in total. The van der Waals surface area contributed by atoms with Gasteiger partial charge in [-0.1, -0.05) is 0 Å². The first-order valence-corrected chi connectivity index (χ1v) is 3.02. The lowest BCUT2D eigenvalue weighted by Gasteiger charge is -1.59. The second kappa shape index (κ2) is 0.796. The molecule has 1 aliphatic heterocycles. The molecular formula is C3H5OP. The van der Waals surface area contributed by atoms with E-state index in [4.69, 9.17) is 0 Å². The van der Waals surface area contributed by atoms with Crippen LogP contribution in [0.5, 0.6) is 0 Å². The molecule has 0 aromatic rings. The van der Waals surface area contributed by atoms with Gasteiger partial charge in [-0.2, -0.15) is 0 Å². The van der Waals surface area contributed by atoms with Crippen LogP contribution >= 0.6 is 7.77 Å². The Balaban J connectivity index is 2.59. The van der Waals surface area contributed by atoms with Crippen molar-refractivity contribution in [2.24, 2.45) is 0 Å². The predicted molar refractivity (Wildman–Crippen MR) is 22.5 cm³/mol. The summed E-state index contributed by atoms with van der Waals surface area (Å²) in [6, 6.07) is 0. The molecule has 1 unspecified atom stereocenters. The van der Waals surface area contributed by atoms with Gasteiger partial charge in [0.15, 0.2) is 6.16 Å². The first kappa shape index (κ1) is 3.32. The van der Waals surface area contributed by atoms with E-state index in [-0.39, 0.29) is 0 Å². The van der Waals surface area contributed by atoms with Crippen LogP contribution in [0.3, 0.4) is 0 Å². The normalized spacial score (nSPS) is 27.6. The molecule has 0 aromatic heterocycles. The summed E-state index contributed by atoms with van der Waals surface area (Å²) in [5, 5.41) is 1.18. The van der Waals surface area contributed by atoms with Crippen LogP contribution < -0.4 is 4.89 Å². The van der Waals surface area contributed by atoms with Gasteiger partial charge in [-0.25, -0.2) is 0 Å². The topological polar surface area (TPSA) is 23.1 Å². The Morgan fingerprint density at radius 2 is 2.20 bits per heavy atom. The van der Waals surface area contributed by atoms with Crippen LogP contribution in [0.15, 0.2) is 0 Å². The summed E-state index contributed by atoms with van der Waals surface area (Å²) in [5.41, 5.74) is 0. The Kier molecular flexibility index (Phi) is 0.529. The summed E-state index contributed by atoms with van der Waals surface area (Å²) in [6.45, 7) is 1.93. The van der Waals surface area contributed by atoms with Crippen molar-refractivity contribution in [3.63, 3.8) is 0 Å². The zero-order chi connectivity index (χ0) is 3.86. The van der Waals surface area contributed by atoms with E-state index >= 15 is 0 Å². The lowest BCUT2D eigenvalue weighted by atomic mass is 10.6. The second-order valence-electron chi connectivity index (χ2n) is 1.27. The molecule has 28 valence electrons. The first-order valence-electron chi connectivity index (χ1n) is 1.58. The minimum atomic E-state index is -0.765. The molecule has 0 bridgehead atoms. The Labute approximate surface area is 32.1 Å². The number of rotatable bonds is 0. The van der Waals surface area contributed by atoms with Crippen molar-refractivity contribution in [1.29, 1.82) is 0 Å². The third-order valence-electron chi connectivity index (χ3n) is 0.695. The van der Waals surface area contributed by atoms with Gasteiger partial charge in [0.25, 0.3) is 0 Å². The highest BCUT2D eigenvalue weighted by Gasteiger charge is 2.20. The SMILES string of the molecule is CC1=[P+]([O-])C1. The molecule has 1 nitrogen and oxygen atoms in total. The van der Waals surface area contributed by atoms with E-state index in [1.54, 1.807) is 0 Å². The zero-order valence-corrected chi connectivity index (χ0v) is 3.96. The minimum absolute atomic E-state index is 0.765. The maximum Gasteiger partial charge on any atom is 0.161 e. The van der Waals surface area contributed by atoms with Crippen molar-refractivity contribution in [3.05, 3.63) is 0 Å². The predicted octanol–water partition coefficient (Wildman–Crippen LogP) is -0.0505. The van der Waals surface area contributed by atoms with Gasteiger partial charge >= 0.3 is 0 Å². The summed E-state index contributed by atoms with van der Waals surface area (Å²) in [7, 11) is -0.765. The van der Waals surface area contributed by atoms with Gasteiger partial charge in [0.1, 0.15) is 5.29 Å². The summed E-state index contributed by atoms with van der Waals surface area (Å²) in [6.07, 6.45) is 0.898. The van der Waals surface area contributed by atoms with Crippen LogP contribution in [0.2, 0.25) is 0 Å². The highest BCUT2D eigenvalue weighted by atomic mass is 31.1. The van der Waals surface area contributed by atoms with Gasteiger partial charge in [0, 0.05) is 6.92 Å². The van der Waals surface area contributed by atoms with Crippen LogP contribution in [0, 0.1) is 0 Å². The third kappa shape index (κ3) is 0.499. The molecule has 0 radical (unpaired) electrons. The van der Waals surface area contributed by atoms with Crippen LogP contribution in [-0.2, 0) is 0 Å².